The summed E-state index contributed by atoms with van der Waals surface area (Å²) in [5.41, 5.74) is -5.20. The first-order valence-electron chi connectivity index (χ1n) is 7.58. The Morgan fingerprint density at radius 3 is 2.45 bits per heavy atom. The van der Waals surface area contributed by atoms with Gasteiger partial charge in [0.05, 0.1) is 25.7 Å². The lowest BCUT2D eigenvalue weighted by Gasteiger charge is -2.07. The number of nitrogens with one attached hydrogen (secondary N) is 2. The van der Waals surface area contributed by atoms with E-state index in [1.165, 1.54) is 12.1 Å². The molecular weight excluding hydrogens is 455 g/mol. The fraction of sp³-hybridized carbons (Fsp3) is 0.0625. The van der Waals surface area contributed by atoms with Crippen molar-refractivity contribution in [1.82, 2.24) is 10.3 Å². The van der Waals surface area contributed by atoms with Gasteiger partial charge in [-0.1, -0.05) is 35.1 Å². The maximum atomic E-state index is 12.7. The molecule has 0 saturated carbocycles. The molecule has 0 fully saturated rings. The van der Waals surface area contributed by atoms with Crippen molar-refractivity contribution < 1.29 is 31.2 Å². The van der Waals surface area contributed by atoms with Gasteiger partial charge in [0.2, 0.25) is 0 Å². The zero-order chi connectivity index (χ0) is 21.4. The van der Waals surface area contributed by atoms with Crippen molar-refractivity contribution in [2.45, 2.75) is 10.4 Å². The van der Waals surface area contributed by atoms with Crippen molar-refractivity contribution in [2.24, 2.45) is 0 Å². The highest BCUT2D eigenvalue weighted by Crippen LogP contribution is 2.34. The van der Waals surface area contributed by atoms with Crippen LogP contribution in [0.15, 0.2) is 47.4 Å². The van der Waals surface area contributed by atoms with Gasteiger partial charge in [0.15, 0.2) is 5.13 Å². The summed E-state index contributed by atoms with van der Waals surface area (Å²) in [6, 6.07) is 7.76. The average Bonchev–Trinajstić information content (AvgIpc) is 3.02. The van der Waals surface area contributed by atoms with Gasteiger partial charge in [0.1, 0.15) is 0 Å². The van der Waals surface area contributed by atoms with Crippen LogP contribution in [0, 0.1) is 0 Å². The Morgan fingerprint density at radius 1 is 1.10 bits per heavy atom. The number of imide groups is 1. The van der Waals surface area contributed by atoms with Crippen LogP contribution in [0.1, 0.15) is 10.4 Å². The molecule has 2 N–H and O–H groups in total. The van der Waals surface area contributed by atoms with Gasteiger partial charge >= 0.3 is 11.5 Å². The van der Waals surface area contributed by atoms with E-state index in [2.05, 4.69) is 10.3 Å². The van der Waals surface area contributed by atoms with Gasteiger partial charge in [-0.2, -0.15) is 13.2 Å². The van der Waals surface area contributed by atoms with E-state index in [1.54, 1.807) is 12.1 Å². The number of nitrogens with zero attached hydrogens (tertiary/aromatic N) is 1. The van der Waals surface area contributed by atoms with Crippen LogP contribution < -0.4 is 10.6 Å². The van der Waals surface area contributed by atoms with Gasteiger partial charge in [-0.25, -0.2) is 18.2 Å². The second kappa shape index (κ2) is 7.61. The predicted molar refractivity (Wildman–Crippen MR) is 101 cm³/mol. The molecule has 0 radical (unpaired) electrons. The molecule has 2 aromatic carbocycles. The fourth-order valence-electron chi connectivity index (χ4n) is 2.20. The number of aromatic nitrogens is 1. The molecule has 0 aliphatic rings. The lowest BCUT2D eigenvalue weighted by Crippen LogP contribution is -2.34. The van der Waals surface area contributed by atoms with E-state index in [-0.39, 0.29) is 25.9 Å². The van der Waals surface area contributed by atoms with E-state index < -0.39 is 32.2 Å². The van der Waals surface area contributed by atoms with E-state index in [0.717, 1.165) is 29.5 Å². The number of halogens is 4. The van der Waals surface area contributed by atoms with Gasteiger partial charge in [-0.3, -0.25) is 15.4 Å². The second-order valence-electron chi connectivity index (χ2n) is 5.49. The summed E-state index contributed by atoms with van der Waals surface area (Å²) in [4.78, 5) is 27.0. The summed E-state index contributed by atoms with van der Waals surface area (Å²) in [7, 11) is -5.51. The Balaban J connectivity index is 1.78. The van der Waals surface area contributed by atoms with Crippen molar-refractivity contribution in [1.29, 1.82) is 0 Å². The molecule has 3 amide bonds. The zero-order valence-corrected chi connectivity index (χ0v) is 16.3. The number of thiazole rings is 1. The molecule has 7 nitrogen and oxygen atoms in total. The van der Waals surface area contributed by atoms with Crippen molar-refractivity contribution in [3.8, 4) is 0 Å². The van der Waals surface area contributed by atoms with Crippen molar-refractivity contribution in [3.63, 3.8) is 0 Å². The topological polar surface area (TPSA) is 105 Å². The molecule has 29 heavy (non-hydrogen) atoms. The number of urea groups is 1. The number of sulfone groups is 1. The summed E-state index contributed by atoms with van der Waals surface area (Å²) < 4.78 is 61.1. The van der Waals surface area contributed by atoms with Gasteiger partial charge in [0, 0.05) is 0 Å². The monoisotopic (exact) mass is 463 g/mol. The van der Waals surface area contributed by atoms with Gasteiger partial charge in [-0.05, 0) is 30.3 Å². The van der Waals surface area contributed by atoms with E-state index >= 15 is 0 Å². The van der Waals surface area contributed by atoms with Crippen LogP contribution in [-0.4, -0.2) is 30.8 Å². The van der Waals surface area contributed by atoms with Crippen molar-refractivity contribution in [3.05, 3.63) is 53.1 Å². The third-order valence-corrected chi connectivity index (χ3v) is 6.29. The molecule has 152 valence electrons. The standard InChI is InChI=1S/C16H9ClF3N3O4S2/c17-10-4-2-1-3-9(10)13(24)22-14(25)23-15-21-11-6-5-8(7-12(11)28-15)29(26,27)16(18,19)20/h1-7H,(H2,21,22,23,24,25). The SMILES string of the molecule is O=C(NC(=O)c1ccccc1Cl)Nc1nc2ccc(S(=O)(=O)C(F)(F)F)cc2s1. The molecule has 0 unspecified atom stereocenters. The number of hydrogen-bond donors (Lipinski definition) is 2. The van der Waals surface area contributed by atoms with E-state index in [4.69, 9.17) is 11.6 Å². The number of carbonyl (C=O) groups excluding carboxylic acids is 2. The van der Waals surface area contributed by atoms with Crippen molar-refractivity contribution in [2.75, 3.05) is 5.32 Å². The molecule has 1 heterocycles. The Kier molecular flexibility index (Phi) is 5.52. The molecule has 3 aromatic rings. The minimum absolute atomic E-state index is 0.0500. The number of anilines is 1. The molecular formula is C16H9ClF3N3O4S2. The van der Waals surface area contributed by atoms with Crippen LogP contribution in [0.3, 0.4) is 0 Å². The Hall–Kier alpha value is -2.70. The van der Waals surface area contributed by atoms with Gasteiger partial charge in [0.25, 0.3) is 15.7 Å². The average molecular weight is 464 g/mol. The summed E-state index contributed by atoms with van der Waals surface area (Å²) in [5, 5.41) is 4.38. The van der Waals surface area contributed by atoms with E-state index in [1.807, 2.05) is 5.32 Å². The fourth-order valence-corrected chi connectivity index (χ4v) is 4.19. The molecule has 13 heteroatoms. The van der Waals surface area contributed by atoms with Crippen LogP contribution in [0.5, 0.6) is 0 Å². The van der Waals surface area contributed by atoms with E-state index in [0.29, 0.717) is 0 Å². The Bertz CT molecular complexity index is 1230. The number of alkyl halides is 3. The second-order valence-corrected chi connectivity index (χ2v) is 8.86. The molecule has 0 saturated heterocycles. The van der Waals surface area contributed by atoms with Crippen LogP contribution in [0.2, 0.25) is 5.02 Å². The predicted octanol–water partition coefficient (Wildman–Crippen LogP) is 4.21. The largest absolute Gasteiger partial charge is 0.501 e. The number of benzene rings is 2. The van der Waals surface area contributed by atoms with Crippen LogP contribution in [0.25, 0.3) is 10.2 Å². The summed E-state index contributed by atoms with van der Waals surface area (Å²) in [5.74, 6) is -0.771. The van der Waals surface area contributed by atoms with Crippen molar-refractivity contribution >= 4 is 60.1 Å². The lowest BCUT2D eigenvalue weighted by atomic mass is 10.2. The molecule has 0 spiro atoms. The first kappa shape index (κ1) is 21.0. The highest BCUT2D eigenvalue weighted by atomic mass is 35.5. The molecule has 0 atom stereocenters. The first-order valence-corrected chi connectivity index (χ1v) is 10.3. The van der Waals surface area contributed by atoms with Gasteiger partial charge in [-0.15, -0.1) is 0 Å². The zero-order valence-electron chi connectivity index (χ0n) is 14.0. The lowest BCUT2D eigenvalue weighted by molar-refractivity contribution is -0.0436. The molecule has 0 aliphatic heterocycles. The van der Waals surface area contributed by atoms with E-state index in [9.17, 15) is 31.2 Å². The third kappa shape index (κ3) is 4.33. The third-order valence-electron chi connectivity index (χ3n) is 3.54. The van der Waals surface area contributed by atoms with Crippen LogP contribution >= 0.6 is 22.9 Å². The number of rotatable bonds is 3. The minimum atomic E-state index is -5.51. The number of carbonyl (C=O) groups is 2. The minimum Gasteiger partial charge on any atom is -0.283 e. The van der Waals surface area contributed by atoms with Crippen LogP contribution in [0.4, 0.5) is 23.1 Å². The molecule has 3 rings (SSSR count). The summed E-state index contributed by atoms with van der Waals surface area (Å²) in [6.45, 7) is 0. The number of fused-ring (bicyclic) bond motifs is 1. The maximum Gasteiger partial charge on any atom is 0.501 e. The smallest absolute Gasteiger partial charge is 0.283 e. The number of hydrogen-bond acceptors (Lipinski definition) is 6. The highest BCUT2D eigenvalue weighted by molar-refractivity contribution is 7.92. The molecule has 0 bridgehead atoms. The van der Waals surface area contributed by atoms with Gasteiger partial charge < -0.3 is 0 Å². The Labute approximate surface area is 170 Å². The molecule has 1 aromatic heterocycles. The summed E-state index contributed by atoms with van der Waals surface area (Å²) >= 11 is 6.61. The highest BCUT2D eigenvalue weighted by Gasteiger charge is 2.46. The quantitative estimate of drug-likeness (QED) is 0.605. The molecule has 0 aliphatic carbocycles. The normalized spacial score (nSPS) is 12.0. The maximum absolute atomic E-state index is 12.7. The van der Waals surface area contributed by atoms with Crippen LogP contribution in [-0.2, 0) is 9.84 Å². The number of amides is 3. The summed E-state index contributed by atoms with van der Waals surface area (Å²) in [6.07, 6.45) is 0. The Morgan fingerprint density at radius 2 is 1.79 bits per heavy atom. The first-order chi connectivity index (χ1) is 13.5.